The molecule has 0 fully saturated rings. The molecule has 0 aromatic carbocycles. The van der Waals surface area contributed by atoms with Crippen LogP contribution in [-0.2, 0) is 23.4 Å². The first-order valence-corrected chi connectivity index (χ1v) is 7.70. The Morgan fingerprint density at radius 1 is 1.21 bits per heavy atom. The van der Waals surface area contributed by atoms with Crippen LogP contribution in [0.2, 0.25) is 0 Å². The summed E-state index contributed by atoms with van der Waals surface area (Å²) in [6.45, 7) is 6.69. The molecule has 1 amide bonds. The first kappa shape index (κ1) is 18.7. The zero-order valence-corrected chi connectivity index (χ0v) is 13.2. The molecule has 114 valence electrons. The number of unbranched alkanes of at least 4 members (excludes halogenated alkanes) is 3. The van der Waals surface area contributed by atoms with E-state index < -0.39 is 8.60 Å². The van der Waals surface area contributed by atoms with Gasteiger partial charge in [0.15, 0.2) is 0 Å². The van der Waals surface area contributed by atoms with E-state index in [-0.39, 0.29) is 12.0 Å². The zero-order chi connectivity index (χ0) is 14.5. The number of carbonyl (C=O) groups excluding carboxylic acids is 1. The molecule has 0 radical (unpaired) electrons. The van der Waals surface area contributed by atoms with Crippen LogP contribution in [0.3, 0.4) is 0 Å². The predicted octanol–water partition coefficient (Wildman–Crippen LogP) is 2.93. The largest absolute Gasteiger partial charge is 0.363 e. The Morgan fingerprint density at radius 3 is 2.47 bits per heavy atom. The monoisotopic (exact) mass is 295 g/mol. The Balaban J connectivity index is 3.41. The molecule has 0 aliphatic rings. The van der Waals surface area contributed by atoms with E-state index in [9.17, 15) is 4.79 Å². The van der Waals surface area contributed by atoms with Crippen LogP contribution in [0.25, 0.3) is 0 Å². The molecule has 0 aliphatic carbocycles. The van der Waals surface area contributed by atoms with Gasteiger partial charge < -0.3 is 14.4 Å². The van der Waals surface area contributed by atoms with Crippen molar-refractivity contribution in [2.24, 2.45) is 0 Å². The molecule has 6 nitrogen and oxygen atoms in total. The maximum atomic E-state index is 10.6. The van der Waals surface area contributed by atoms with E-state index in [4.69, 9.17) is 13.7 Å². The highest BCUT2D eigenvalue weighted by Crippen LogP contribution is 2.41. The third-order valence-electron chi connectivity index (χ3n) is 2.07. The lowest BCUT2D eigenvalue weighted by atomic mass is 10.2. The van der Waals surface area contributed by atoms with Gasteiger partial charge in [-0.1, -0.05) is 12.8 Å². The molecule has 0 aliphatic heterocycles. The predicted molar refractivity (Wildman–Crippen MR) is 74.3 cm³/mol. The van der Waals surface area contributed by atoms with Crippen molar-refractivity contribution in [2.75, 3.05) is 20.3 Å². The van der Waals surface area contributed by atoms with Crippen molar-refractivity contribution in [3.63, 3.8) is 0 Å². The Bertz CT molecular complexity index is 228. The van der Waals surface area contributed by atoms with Crippen LogP contribution in [0.4, 0.5) is 0 Å². The van der Waals surface area contributed by atoms with Crippen molar-refractivity contribution in [1.82, 2.24) is 5.32 Å². The van der Waals surface area contributed by atoms with Crippen molar-refractivity contribution in [3.05, 3.63) is 0 Å². The van der Waals surface area contributed by atoms with Crippen molar-refractivity contribution in [2.45, 2.75) is 52.6 Å². The molecule has 0 heterocycles. The number of amides is 1. The molecule has 0 saturated carbocycles. The van der Waals surface area contributed by atoms with Gasteiger partial charge in [-0.2, -0.15) is 4.67 Å². The second-order valence-corrected chi connectivity index (χ2v) is 5.41. The summed E-state index contributed by atoms with van der Waals surface area (Å²) < 4.78 is 15.8. The average molecular weight is 295 g/mol. The van der Waals surface area contributed by atoms with Gasteiger partial charge in [0.2, 0.25) is 5.91 Å². The molecule has 0 spiro atoms. The maximum Gasteiger partial charge on any atom is 0.363 e. The summed E-state index contributed by atoms with van der Waals surface area (Å²) >= 11 is 0. The van der Waals surface area contributed by atoms with Gasteiger partial charge in [0, 0.05) is 13.5 Å². The summed E-state index contributed by atoms with van der Waals surface area (Å²) in [5.74, 6) is 0.0246. The van der Waals surface area contributed by atoms with E-state index in [2.05, 4.69) is 10.2 Å². The van der Waals surface area contributed by atoms with Crippen LogP contribution in [0.15, 0.2) is 0 Å². The molecular weight excluding hydrogens is 269 g/mol. The highest BCUT2D eigenvalue weighted by molar-refractivity contribution is 7.41. The molecule has 0 rings (SSSR count). The minimum atomic E-state index is -1.42. The highest BCUT2D eigenvalue weighted by Gasteiger charge is 2.14. The summed E-state index contributed by atoms with van der Waals surface area (Å²) in [6.07, 6.45) is 4.09. The van der Waals surface area contributed by atoms with E-state index >= 15 is 0 Å². The number of carbonyl (C=O) groups is 1. The van der Waals surface area contributed by atoms with Gasteiger partial charge in [-0.3, -0.25) is 4.79 Å². The van der Waals surface area contributed by atoms with Gasteiger partial charge in [0.25, 0.3) is 0 Å². The lowest BCUT2D eigenvalue weighted by Gasteiger charge is -2.16. The number of hydrogen-bond acceptors (Lipinski definition) is 5. The molecule has 19 heavy (non-hydrogen) atoms. The van der Waals surface area contributed by atoms with E-state index in [1.165, 1.54) is 14.0 Å². The quantitative estimate of drug-likeness (QED) is 0.259. The van der Waals surface area contributed by atoms with Crippen LogP contribution in [0, 0.1) is 0 Å². The first-order chi connectivity index (χ1) is 9.06. The smallest absolute Gasteiger partial charge is 0.356 e. The molecule has 1 N–H and O–H groups in total. The summed E-state index contributed by atoms with van der Waals surface area (Å²) in [7, 11) is 0.0193. The third-order valence-corrected chi connectivity index (χ3v) is 3.33. The van der Waals surface area contributed by atoms with Crippen LogP contribution < -0.4 is 5.32 Å². The summed E-state index contributed by atoms with van der Waals surface area (Å²) in [5.41, 5.74) is 0. The van der Waals surface area contributed by atoms with E-state index in [1.807, 2.05) is 13.8 Å². The van der Waals surface area contributed by atoms with Gasteiger partial charge in [-0.15, -0.1) is 0 Å². The van der Waals surface area contributed by atoms with Crippen LogP contribution >= 0.6 is 8.60 Å². The molecule has 1 unspecified atom stereocenters. The van der Waals surface area contributed by atoms with Crippen molar-refractivity contribution in [1.29, 1.82) is 0 Å². The topological polar surface area (TPSA) is 66.0 Å². The Kier molecular flexibility index (Phi) is 12.6. The normalized spacial score (nSPS) is 12.7. The molecule has 7 heteroatoms. The lowest BCUT2D eigenvalue weighted by Crippen LogP contribution is -2.20. The number of rotatable bonds is 12. The minimum absolute atomic E-state index is 0.0246. The minimum Gasteiger partial charge on any atom is -0.356 e. The maximum absolute atomic E-state index is 10.6. The molecule has 0 bridgehead atoms. The Morgan fingerprint density at radius 2 is 1.89 bits per heavy atom. The molecule has 0 saturated heterocycles. The molecule has 0 aromatic rings. The van der Waals surface area contributed by atoms with Crippen LogP contribution in [-0.4, -0.2) is 32.3 Å². The molecular formula is C12H26NO5P. The lowest BCUT2D eigenvalue weighted by molar-refractivity contribution is -0.192. The van der Waals surface area contributed by atoms with Gasteiger partial charge >= 0.3 is 8.60 Å². The van der Waals surface area contributed by atoms with Crippen LogP contribution in [0.1, 0.15) is 46.5 Å². The van der Waals surface area contributed by atoms with Crippen LogP contribution in [0.5, 0.6) is 0 Å². The van der Waals surface area contributed by atoms with Gasteiger partial charge in [0.1, 0.15) is 0 Å². The van der Waals surface area contributed by atoms with Gasteiger partial charge in [-0.05, 0) is 26.7 Å². The van der Waals surface area contributed by atoms with Crippen molar-refractivity contribution in [3.8, 4) is 0 Å². The standard InChI is InChI=1S/C12H26NO5P/c1-11(2)17-19(18-15-4)16-10-8-6-5-7-9-13-12(3)14/h11H,5-10H2,1-4H3,(H,13,14). The number of hydrogen-bond donors (Lipinski definition) is 1. The zero-order valence-electron chi connectivity index (χ0n) is 12.3. The fraction of sp³-hybridized carbons (Fsp3) is 0.917. The fourth-order valence-corrected chi connectivity index (χ4v) is 2.17. The van der Waals surface area contributed by atoms with E-state index in [1.54, 1.807) is 0 Å². The summed E-state index contributed by atoms with van der Waals surface area (Å²) in [4.78, 5) is 15.2. The fourth-order valence-electron chi connectivity index (χ4n) is 1.29. The van der Waals surface area contributed by atoms with Gasteiger partial charge in [-0.25, -0.2) is 4.89 Å². The van der Waals surface area contributed by atoms with Crippen molar-refractivity contribution >= 4 is 14.5 Å². The summed E-state index contributed by atoms with van der Waals surface area (Å²) in [5, 5.41) is 2.77. The van der Waals surface area contributed by atoms with E-state index in [0.29, 0.717) is 6.61 Å². The highest BCUT2D eigenvalue weighted by atomic mass is 31.2. The van der Waals surface area contributed by atoms with Gasteiger partial charge in [0.05, 0.1) is 19.8 Å². The third kappa shape index (κ3) is 14.0. The molecule has 1 atom stereocenters. The SMILES string of the molecule is COOP(OCCCCCCNC(C)=O)OC(C)C. The second-order valence-electron chi connectivity index (χ2n) is 4.35. The Labute approximate surface area is 117 Å². The average Bonchev–Trinajstić information content (AvgIpc) is 2.31. The van der Waals surface area contributed by atoms with E-state index in [0.717, 1.165) is 32.2 Å². The number of nitrogens with one attached hydrogen (secondary N) is 1. The summed E-state index contributed by atoms with van der Waals surface area (Å²) in [6, 6.07) is 0. The van der Waals surface area contributed by atoms with Crippen molar-refractivity contribution < 1.29 is 23.4 Å². The molecule has 0 aromatic heterocycles. The first-order valence-electron chi connectivity index (χ1n) is 6.61. The second kappa shape index (κ2) is 12.8. The Hall–Kier alpha value is -0.260.